The number of hydrogen-bond acceptors (Lipinski definition) is 9. The predicted molar refractivity (Wildman–Crippen MR) is 67.5 cm³/mol. The van der Waals surface area contributed by atoms with E-state index in [4.69, 9.17) is 26.2 Å². The number of nitrogens with two attached hydrogens (primary N) is 1. The van der Waals surface area contributed by atoms with Gasteiger partial charge in [0.15, 0.2) is 5.78 Å². The van der Waals surface area contributed by atoms with E-state index in [1.165, 1.54) is 0 Å². The Labute approximate surface area is 124 Å². The number of aliphatic carboxylic acids is 2. The van der Waals surface area contributed by atoms with Crippen molar-refractivity contribution in [1.29, 1.82) is 0 Å². The summed E-state index contributed by atoms with van der Waals surface area (Å²) < 4.78 is 0. The standard InChI is InChI=1S/C11H19NO10/c12-4(11(21)22)1-3(10(19)20)6(15)8(17)9(18)7(16)5(14)2-13/h3-5,7-9,13-14,16-18H,1-2,12H2,(H,19,20)(H,21,22)/t3?,4-,5+,7+,8-,9-/m0/s1. The Morgan fingerprint density at radius 2 is 1.41 bits per heavy atom. The summed E-state index contributed by atoms with van der Waals surface area (Å²) in [6, 6.07) is -1.69. The Morgan fingerprint density at radius 3 is 1.77 bits per heavy atom. The summed E-state index contributed by atoms with van der Waals surface area (Å²) in [5.74, 6) is -6.86. The third-order valence-corrected chi connectivity index (χ3v) is 2.99. The Kier molecular flexibility index (Phi) is 8.08. The van der Waals surface area contributed by atoms with Crippen molar-refractivity contribution in [3.05, 3.63) is 0 Å². The first-order valence-corrected chi connectivity index (χ1v) is 6.12. The predicted octanol–water partition coefficient (Wildman–Crippen LogP) is -4.51. The van der Waals surface area contributed by atoms with Gasteiger partial charge in [0.25, 0.3) is 0 Å². The van der Waals surface area contributed by atoms with E-state index in [1.807, 2.05) is 0 Å². The number of aliphatic hydroxyl groups is 5. The molecule has 0 saturated heterocycles. The van der Waals surface area contributed by atoms with Crippen LogP contribution in [0.5, 0.6) is 0 Å². The molecule has 0 aliphatic heterocycles. The molecule has 11 heteroatoms. The molecule has 0 saturated carbocycles. The minimum atomic E-state index is -2.42. The van der Waals surface area contributed by atoms with Crippen LogP contribution in [0.3, 0.4) is 0 Å². The van der Waals surface area contributed by atoms with Crippen molar-refractivity contribution < 1.29 is 50.1 Å². The molecule has 6 atom stereocenters. The van der Waals surface area contributed by atoms with E-state index in [9.17, 15) is 29.7 Å². The van der Waals surface area contributed by atoms with Crippen molar-refractivity contribution in [2.75, 3.05) is 6.61 Å². The maximum Gasteiger partial charge on any atom is 0.320 e. The molecule has 0 aromatic rings. The Bertz CT molecular complexity index is 414. The van der Waals surface area contributed by atoms with E-state index < -0.39 is 67.1 Å². The van der Waals surface area contributed by atoms with Crippen LogP contribution in [-0.4, -0.2) is 90.5 Å². The number of carboxylic acid groups (broad SMARTS) is 2. The summed E-state index contributed by atoms with van der Waals surface area (Å²) in [7, 11) is 0. The van der Waals surface area contributed by atoms with Gasteiger partial charge < -0.3 is 41.5 Å². The fraction of sp³-hybridized carbons (Fsp3) is 0.727. The molecule has 128 valence electrons. The van der Waals surface area contributed by atoms with Crippen LogP contribution in [0.1, 0.15) is 6.42 Å². The Morgan fingerprint density at radius 1 is 0.909 bits per heavy atom. The summed E-state index contributed by atoms with van der Waals surface area (Å²) in [5.41, 5.74) is 5.12. The van der Waals surface area contributed by atoms with Crippen molar-refractivity contribution in [3.63, 3.8) is 0 Å². The highest BCUT2D eigenvalue weighted by Gasteiger charge is 2.40. The fourth-order valence-electron chi connectivity index (χ4n) is 1.59. The third kappa shape index (κ3) is 5.29. The third-order valence-electron chi connectivity index (χ3n) is 2.99. The van der Waals surface area contributed by atoms with Crippen molar-refractivity contribution >= 4 is 17.7 Å². The molecule has 22 heavy (non-hydrogen) atoms. The minimum Gasteiger partial charge on any atom is -0.481 e. The van der Waals surface area contributed by atoms with Gasteiger partial charge in [0.05, 0.1) is 6.61 Å². The molecule has 0 aromatic heterocycles. The van der Waals surface area contributed by atoms with Crippen LogP contribution in [0.25, 0.3) is 0 Å². The number of hydrogen-bond donors (Lipinski definition) is 8. The lowest BCUT2D eigenvalue weighted by atomic mass is 9.89. The molecule has 0 heterocycles. The lowest BCUT2D eigenvalue weighted by molar-refractivity contribution is -0.159. The van der Waals surface area contributed by atoms with E-state index in [-0.39, 0.29) is 0 Å². The second-order valence-corrected chi connectivity index (χ2v) is 4.65. The Hall–Kier alpha value is -1.63. The number of carbonyl (C=O) groups excluding carboxylic acids is 1. The first-order chi connectivity index (χ1) is 10.0. The molecular weight excluding hydrogens is 306 g/mol. The molecule has 0 aliphatic rings. The highest BCUT2D eigenvalue weighted by atomic mass is 16.4. The van der Waals surface area contributed by atoms with Gasteiger partial charge >= 0.3 is 11.9 Å². The fourth-order valence-corrected chi connectivity index (χ4v) is 1.59. The molecule has 0 amide bonds. The summed E-state index contributed by atoms with van der Waals surface area (Å²) in [5, 5.41) is 63.6. The number of carbonyl (C=O) groups is 3. The zero-order valence-electron chi connectivity index (χ0n) is 11.3. The molecule has 0 rings (SSSR count). The van der Waals surface area contributed by atoms with Crippen molar-refractivity contribution in [2.45, 2.75) is 36.9 Å². The van der Waals surface area contributed by atoms with Gasteiger partial charge in [0, 0.05) is 0 Å². The SMILES string of the molecule is N[C@@H](CC(C(=O)O)C(=O)[C@H](O)[C@@H](O)[C@H](O)[C@H](O)CO)C(=O)O. The van der Waals surface area contributed by atoms with Gasteiger partial charge in [0.1, 0.15) is 36.4 Å². The van der Waals surface area contributed by atoms with Crippen LogP contribution in [0.4, 0.5) is 0 Å². The van der Waals surface area contributed by atoms with Crippen molar-refractivity contribution in [1.82, 2.24) is 0 Å². The summed E-state index contributed by atoms with van der Waals surface area (Å²) in [6.07, 6.45) is -9.53. The molecule has 0 aliphatic carbocycles. The molecule has 0 bridgehead atoms. The van der Waals surface area contributed by atoms with Crippen molar-refractivity contribution in [3.8, 4) is 0 Å². The normalized spacial score (nSPS) is 19.5. The summed E-state index contributed by atoms with van der Waals surface area (Å²) >= 11 is 0. The van der Waals surface area contributed by atoms with Gasteiger partial charge in [-0.25, -0.2) is 0 Å². The molecule has 0 spiro atoms. The first-order valence-electron chi connectivity index (χ1n) is 6.12. The molecule has 0 radical (unpaired) electrons. The summed E-state index contributed by atoms with van der Waals surface area (Å²) in [6.45, 7) is -0.981. The quantitative estimate of drug-likeness (QED) is 0.179. The van der Waals surface area contributed by atoms with E-state index in [2.05, 4.69) is 0 Å². The van der Waals surface area contributed by atoms with Crippen LogP contribution in [0.15, 0.2) is 0 Å². The van der Waals surface area contributed by atoms with Gasteiger partial charge in [-0.15, -0.1) is 0 Å². The van der Waals surface area contributed by atoms with Gasteiger partial charge in [-0.1, -0.05) is 0 Å². The van der Waals surface area contributed by atoms with E-state index in [0.29, 0.717) is 0 Å². The van der Waals surface area contributed by atoms with Gasteiger partial charge in [-0.05, 0) is 6.42 Å². The number of aliphatic hydroxyl groups excluding tert-OH is 5. The zero-order valence-corrected chi connectivity index (χ0v) is 11.3. The van der Waals surface area contributed by atoms with Crippen LogP contribution < -0.4 is 5.73 Å². The average Bonchev–Trinajstić information content (AvgIpc) is 2.47. The lowest BCUT2D eigenvalue weighted by Gasteiger charge is -2.26. The van der Waals surface area contributed by atoms with Gasteiger partial charge in [-0.3, -0.25) is 14.4 Å². The highest BCUT2D eigenvalue weighted by Crippen LogP contribution is 2.15. The lowest BCUT2D eigenvalue weighted by Crippen LogP contribution is -2.51. The average molecular weight is 325 g/mol. The molecule has 0 aromatic carbocycles. The smallest absolute Gasteiger partial charge is 0.320 e. The number of ketones is 1. The van der Waals surface area contributed by atoms with Gasteiger partial charge in [-0.2, -0.15) is 0 Å². The maximum atomic E-state index is 11.8. The molecule has 1 unspecified atom stereocenters. The number of rotatable bonds is 10. The van der Waals surface area contributed by atoms with Crippen molar-refractivity contribution in [2.24, 2.45) is 11.7 Å². The van der Waals surface area contributed by atoms with E-state index in [0.717, 1.165) is 0 Å². The highest BCUT2D eigenvalue weighted by molar-refractivity contribution is 6.01. The molecular formula is C11H19NO10. The number of carboxylic acids is 2. The monoisotopic (exact) mass is 325 g/mol. The van der Waals surface area contributed by atoms with E-state index >= 15 is 0 Å². The second kappa shape index (κ2) is 8.73. The van der Waals surface area contributed by atoms with Crippen LogP contribution in [-0.2, 0) is 14.4 Å². The summed E-state index contributed by atoms with van der Waals surface area (Å²) in [4.78, 5) is 33.4. The zero-order chi connectivity index (χ0) is 17.6. The van der Waals surface area contributed by atoms with Crippen LogP contribution in [0, 0.1) is 5.92 Å². The van der Waals surface area contributed by atoms with E-state index in [1.54, 1.807) is 0 Å². The van der Waals surface area contributed by atoms with Gasteiger partial charge in [0.2, 0.25) is 0 Å². The first kappa shape index (κ1) is 20.4. The second-order valence-electron chi connectivity index (χ2n) is 4.65. The number of Topliss-reactive ketones (excluding diaryl/α,β-unsaturated/α-hetero) is 1. The molecule has 11 nitrogen and oxygen atoms in total. The Balaban J connectivity index is 5.07. The topological polar surface area (TPSA) is 219 Å². The largest absolute Gasteiger partial charge is 0.481 e. The van der Waals surface area contributed by atoms with Crippen LogP contribution >= 0.6 is 0 Å². The molecule has 9 N–H and O–H groups in total. The van der Waals surface area contributed by atoms with Crippen LogP contribution in [0.2, 0.25) is 0 Å². The minimum absolute atomic E-state index is 0.841. The molecule has 0 fully saturated rings. The maximum absolute atomic E-state index is 11.8.